The number of nitrogens with one attached hydrogen (secondary N) is 1. The first-order valence-electron chi connectivity index (χ1n) is 6.25. The molecule has 0 radical (unpaired) electrons. The normalized spacial score (nSPS) is 11.9. The first-order chi connectivity index (χ1) is 10.4. The summed E-state index contributed by atoms with van der Waals surface area (Å²) in [6, 6.07) is 9.73. The van der Waals surface area contributed by atoms with Crippen molar-refractivity contribution in [2.24, 2.45) is 0 Å². The van der Waals surface area contributed by atoms with E-state index in [4.69, 9.17) is 51.1 Å². The summed E-state index contributed by atoms with van der Waals surface area (Å²) in [7, 11) is 0. The van der Waals surface area contributed by atoms with Gasteiger partial charge in [0.1, 0.15) is 5.75 Å². The molecule has 0 aliphatic rings. The Hall–Kier alpha value is -1.13. The second kappa shape index (κ2) is 7.42. The molecule has 2 rings (SSSR count). The van der Waals surface area contributed by atoms with Gasteiger partial charge in [-0.15, -0.1) is 0 Å². The maximum Gasteiger partial charge on any atom is 0.265 e. The van der Waals surface area contributed by atoms with Crippen LogP contribution in [-0.4, -0.2) is 12.0 Å². The van der Waals surface area contributed by atoms with Gasteiger partial charge in [-0.05, 0) is 37.3 Å². The summed E-state index contributed by atoms with van der Waals surface area (Å²) < 4.78 is 5.53. The van der Waals surface area contributed by atoms with E-state index in [1.165, 1.54) is 6.07 Å². The van der Waals surface area contributed by atoms with Crippen LogP contribution in [0.1, 0.15) is 6.92 Å². The second-order valence-electron chi connectivity index (χ2n) is 4.43. The van der Waals surface area contributed by atoms with E-state index in [0.29, 0.717) is 26.5 Å². The number of hydrogen-bond donors (Lipinski definition) is 1. The molecule has 0 fully saturated rings. The zero-order chi connectivity index (χ0) is 16.3. The molecule has 0 saturated carbocycles. The van der Waals surface area contributed by atoms with Gasteiger partial charge in [0.25, 0.3) is 5.91 Å². The van der Waals surface area contributed by atoms with Crippen LogP contribution in [0.15, 0.2) is 36.4 Å². The zero-order valence-corrected chi connectivity index (χ0v) is 14.4. The number of carbonyl (C=O) groups excluding carboxylic acids is 1. The predicted molar refractivity (Wildman–Crippen MR) is 91.6 cm³/mol. The molecule has 0 aliphatic carbocycles. The van der Waals surface area contributed by atoms with Crippen LogP contribution in [0.4, 0.5) is 5.69 Å². The highest BCUT2D eigenvalue weighted by atomic mass is 35.5. The van der Waals surface area contributed by atoms with E-state index in [1.54, 1.807) is 37.3 Å². The minimum Gasteiger partial charge on any atom is -0.479 e. The summed E-state index contributed by atoms with van der Waals surface area (Å²) in [5.41, 5.74) is 0.414. The molecule has 0 saturated heterocycles. The lowest BCUT2D eigenvalue weighted by Crippen LogP contribution is -2.30. The summed E-state index contributed by atoms with van der Waals surface area (Å²) >= 11 is 23.7. The molecule has 0 unspecified atom stereocenters. The summed E-state index contributed by atoms with van der Waals surface area (Å²) in [6.07, 6.45) is -0.784. The number of amides is 1. The lowest BCUT2D eigenvalue weighted by atomic mass is 10.3. The SMILES string of the molecule is C[C@H](Oc1ccc(Cl)cc1Cl)C(=O)Nc1cccc(Cl)c1Cl. The molecule has 0 aliphatic heterocycles. The van der Waals surface area contributed by atoms with Crippen LogP contribution in [-0.2, 0) is 4.79 Å². The molecule has 0 spiro atoms. The van der Waals surface area contributed by atoms with E-state index < -0.39 is 6.10 Å². The Labute approximate surface area is 148 Å². The molecule has 0 heterocycles. The Bertz CT molecular complexity index is 706. The standard InChI is InChI=1S/C15H11Cl4NO2/c1-8(22-13-6-5-9(16)7-11(13)18)15(21)20-12-4-2-3-10(17)14(12)19/h2-8H,1H3,(H,20,21)/t8-/m0/s1. The molecular weight excluding hydrogens is 368 g/mol. The average Bonchev–Trinajstić information content (AvgIpc) is 2.46. The van der Waals surface area contributed by atoms with Crippen LogP contribution >= 0.6 is 46.4 Å². The van der Waals surface area contributed by atoms with Gasteiger partial charge in [0.2, 0.25) is 0 Å². The number of carbonyl (C=O) groups is 1. The van der Waals surface area contributed by atoms with Gasteiger partial charge >= 0.3 is 0 Å². The van der Waals surface area contributed by atoms with Crippen molar-refractivity contribution in [2.75, 3.05) is 5.32 Å². The van der Waals surface area contributed by atoms with E-state index >= 15 is 0 Å². The van der Waals surface area contributed by atoms with Crippen LogP contribution < -0.4 is 10.1 Å². The van der Waals surface area contributed by atoms with E-state index in [9.17, 15) is 4.79 Å². The van der Waals surface area contributed by atoms with Crippen LogP contribution in [0.2, 0.25) is 20.1 Å². The van der Waals surface area contributed by atoms with E-state index in [0.717, 1.165) is 0 Å². The van der Waals surface area contributed by atoms with Crippen molar-refractivity contribution >= 4 is 58.0 Å². The Balaban J connectivity index is 2.07. The highest BCUT2D eigenvalue weighted by Gasteiger charge is 2.18. The monoisotopic (exact) mass is 377 g/mol. The smallest absolute Gasteiger partial charge is 0.265 e. The zero-order valence-electron chi connectivity index (χ0n) is 11.4. The molecule has 1 N–H and O–H groups in total. The molecule has 22 heavy (non-hydrogen) atoms. The third-order valence-corrected chi connectivity index (χ3v) is 4.13. The summed E-state index contributed by atoms with van der Waals surface area (Å²) in [5.74, 6) is -0.0129. The third-order valence-electron chi connectivity index (χ3n) is 2.78. The van der Waals surface area contributed by atoms with Gasteiger partial charge in [0.05, 0.1) is 20.8 Å². The summed E-state index contributed by atoms with van der Waals surface area (Å²) in [4.78, 5) is 12.2. The van der Waals surface area contributed by atoms with Crippen LogP contribution in [0, 0.1) is 0 Å². The quantitative estimate of drug-likeness (QED) is 0.740. The number of anilines is 1. The van der Waals surface area contributed by atoms with E-state index in [2.05, 4.69) is 5.32 Å². The first-order valence-corrected chi connectivity index (χ1v) is 7.76. The Kier molecular flexibility index (Phi) is 5.81. The molecular formula is C15H11Cl4NO2. The van der Waals surface area contributed by atoms with Crippen LogP contribution in [0.25, 0.3) is 0 Å². The van der Waals surface area contributed by atoms with Gasteiger partial charge < -0.3 is 10.1 Å². The summed E-state index contributed by atoms with van der Waals surface area (Å²) in [5, 5.41) is 4.09. The lowest BCUT2D eigenvalue weighted by Gasteiger charge is -2.16. The van der Waals surface area contributed by atoms with Crippen LogP contribution in [0.3, 0.4) is 0 Å². The number of ether oxygens (including phenoxy) is 1. The fourth-order valence-electron chi connectivity index (χ4n) is 1.65. The van der Waals surface area contributed by atoms with Crippen molar-refractivity contribution in [3.63, 3.8) is 0 Å². The molecule has 3 nitrogen and oxygen atoms in total. The van der Waals surface area contributed by atoms with Crippen molar-refractivity contribution in [3.8, 4) is 5.75 Å². The van der Waals surface area contributed by atoms with Crippen molar-refractivity contribution in [2.45, 2.75) is 13.0 Å². The molecule has 0 aromatic heterocycles. The van der Waals surface area contributed by atoms with Gasteiger partial charge in [0.15, 0.2) is 6.10 Å². The summed E-state index contributed by atoms with van der Waals surface area (Å²) in [6.45, 7) is 1.60. The minimum absolute atomic E-state index is 0.272. The van der Waals surface area contributed by atoms with Gasteiger partial charge in [-0.25, -0.2) is 0 Å². The highest BCUT2D eigenvalue weighted by molar-refractivity contribution is 6.44. The van der Waals surface area contributed by atoms with Crippen molar-refractivity contribution < 1.29 is 9.53 Å². The minimum atomic E-state index is -0.784. The topological polar surface area (TPSA) is 38.3 Å². The van der Waals surface area contributed by atoms with Crippen molar-refractivity contribution in [1.82, 2.24) is 0 Å². The van der Waals surface area contributed by atoms with E-state index in [-0.39, 0.29) is 10.9 Å². The number of rotatable bonds is 4. The molecule has 0 bridgehead atoms. The lowest BCUT2D eigenvalue weighted by molar-refractivity contribution is -0.122. The molecule has 2 aromatic carbocycles. The highest BCUT2D eigenvalue weighted by Crippen LogP contribution is 2.31. The maximum atomic E-state index is 12.2. The molecule has 1 atom stereocenters. The predicted octanol–water partition coefficient (Wildman–Crippen LogP) is 5.71. The third kappa shape index (κ3) is 4.20. The van der Waals surface area contributed by atoms with Crippen molar-refractivity contribution in [3.05, 3.63) is 56.5 Å². The average molecular weight is 379 g/mol. The van der Waals surface area contributed by atoms with Gasteiger partial charge in [-0.1, -0.05) is 52.5 Å². The number of halogens is 4. The molecule has 1 amide bonds. The largest absolute Gasteiger partial charge is 0.479 e. The molecule has 116 valence electrons. The fourth-order valence-corrected chi connectivity index (χ4v) is 2.45. The Morgan fingerprint density at radius 3 is 2.50 bits per heavy atom. The van der Waals surface area contributed by atoms with Crippen molar-refractivity contribution in [1.29, 1.82) is 0 Å². The van der Waals surface area contributed by atoms with E-state index in [1.807, 2.05) is 0 Å². The maximum absolute atomic E-state index is 12.2. The van der Waals surface area contributed by atoms with Crippen LogP contribution in [0.5, 0.6) is 5.75 Å². The number of benzene rings is 2. The molecule has 7 heteroatoms. The van der Waals surface area contributed by atoms with Gasteiger partial charge in [0, 0.05) is 5.02 Å². The van der Waals surface area contributed by atoms with Gasteiger partial charge in [-0.2, -0.15) is 0 Å². The fraction of sp³-hybridized carbons (Fsp3) is 0.133. The second-order valence-corrected chi connectivity index (χ2v) is 6.05. The first kappa shape index (κ1) is 17.2. The number of hydrogen-bond acceptors (Lipinski definition) is 2. The van der Waals surface area contributed by atoms with Gasteiger partial charge in [-0.3, -0.25) is 4.79 Å². The Morgan fingerprint density at radius 2 is 1.82 bits per heavy atom. The Morgan fingerprint density at radius 1 is 1.09 bits per heavy atom. The molecule has 2 aromatic rings.